The van der Waals surface area contributed by atoms with Gasteiger partial charge >= 0.3 is 5.97 Å². The second-order valence-electron chi connectivity index (χ2n) is 5.10. The Morgan fingerprint density at radius 2 is 2.10 bits per heavy atom. The summed E-state index contributed by atoms with van der Waals surface area (Å²) in [6, 6.07) is 2.60. The number of carboxylic acids is 1. The number of carboxylic acid groups (broad SMARTS) is 1. The van der Waals surface area contributed by atoms with Crippen LogP contribution in [0.4, 0.5) is 0 Å². The molecule has 0 amide bonds. The maximum absolute atomic E-state index is 12.4. The molecule has 1 fully saturated rings. The Bertz CT molecular complexity index is 684. The van der Waals surface area contributed by atoms with Gasteiger partial charge in [0.05, 0.1) is 10.5 Å². The fourth-order valence-corrected chi connectivity index (χ4v) is 4.78. The highest BCUT2D eigenvalue weighted by molar-refractivity contribution is 9.10. The molecule has 0 aliphatic heterocycles. The average molecular weight is 394 g/mol. The quantitative estimate of drug-likeness (QED) is 0.775. The molecule has 8 heteroatoms. The van der Waals surface area contributed by atoms with E-state index in [0.717, 1.165) is 12.8 Å². The van der Waals surface area contributed by atoms with E-state index in [0.29, 0.717) is 16.6 Å². The first-order chi connectivity index (χ1) is 9.71. The highest BCUT2D eigenvalue weighted by atomic mass is 79.9. The lowest BCUT2D eigenvalue weighted by atomic mass is 10.1. The van der Waals surface area contributed by atoms with E-state index in [2.05, 4.69) is 20.7 Å². The molecule has 1 saturated carbocycles. The Labute approximate surface area is 136 Å². The second kappa shape index (κ2) is 5.91. The minimum atomic E-state index is -3.73. The molecule has 1 aromatic carbocycles. The van der Waals surface area contributed by atoms with Crippen molar-refractivity contribution in [3.63, 3.8) is 0 Å². The predicted molar refractivity (Wildman–Crippen MR) is 86.5 cm³/mol. The van der Waals surface area contributed by atoms with Gasteiger partial charge in [0.2, 0.25) is 10.0 Å². The number of carbonyl (C=O) groups is 1. The van der Waals surface area contributed by atoms with Crippen LogP contribution in [0.2, 0.25) is 0 Å². The lowest BCUT2D eigenvalue weighted by molar-refractivity contribution is 0.0696. The van der Waals surface area contributed by atoms with Crippen LogP contribution in [0.3, 0.4) is 0 Å². The minimum absolute atomic E-state index is 0.00259. The van der Waals surface area contributed by atoms with Crippen LogP contribution in [0.5, 0.6) is 0 Å². The van der Waals surface area contributed by atoms with Crippen LogP contribution in [0.25, 0.3) is 0 Å². The fourth-order valence-electron chi connectivity index (χ4n) is 1.95. The van der Waals surface area contributed by atoms with Crippen molar-refractivity contribution in [3.05, 3.63) is 27.7 Å². The molecular weight excluding hydrogens is 378 g/mol. The van der Waals surface area contributed by atoms with Gasteiger partial charge in [0.25, 0.3) is 0 Å². The first-order valence-electron chi connectivity index (χ1n) is 6.29. The Kier molecular flexibility index (Phi) is 4.72. The lowest BCUT2D eigenvalue weighted by Crippen LogP contribution is -2.32. The molecule has 0 bridgehead atoms. The van der Waals surface area contributed by atoms with E-state index in [-0.39, 0.29) is 15.2 Å². The highest BCUT2D eigenvalue weighted by Crippen LogP contribution is 2.46. The van der Waals surface area contributed by atoms with E-state index >= 15 is 0 Å². The molecule has 116 valence electrons. The number of hydrogen-bond donors (Lipinski definition) is 2. The molecule has 1 aliphatic rings. The zero-order valence-corrected chi connectivity index (χ0v) is 14.9. The number of nitrogens with one attached hydrogen (secondary N) is 1. The van der Waals surface area contributed by atoms with Crippen molar-refractivity contribution >= 4 is 43.7 Å². The number of halogens is 1. The summed E-state index contributed by atoms with van der Waals surface area (Å²) in [4.78, 5) is 11.1. The third-order valence-electron chi connectivity index (χ3n) is 3.66. The van der Waals surface area contributed by atoms with E-state index in [1.54, 1.807) is 18.7 Å². The van der Waals surface area contributed by atoms with Crippen molar-refractivity contribution in [3.8, 4) is 0 Å². The molecule has 0 heterocycles. The summed E-state index contributed by atoms with van der Waals surface area (Å²) in [5.41, 5.74) is 0.445. The molecule has 1 aromatic rings. The van der Waals surface area contributed by atoms with E-state index in [9.17, 15) is 13.2 Å². The minimum Gasteiger partial charge on any atom is -0.478 e. The van der Waals surface area contributed by atoms with Gasteiger partial charge in [0.15, 0.2) is 0 Å². The first kappa shape index (κ1) is 16.8. The summed E-state index contributed by atoms with van der Waals surface area (Å²) in [5.74, 6) is -1.16. The highest BCUT2D eigenvalue weighted by Gasteiger charge is 2.42. The topological polar surface area (TPSA) is 83.5 Å². The van der Waals surface area contributed by atoms with Crippen molar-refractivity contribution in [2.75, 3.05) is 12.8 Å². The SMILES string of the molecule is CSC1(CNS(=O)(=O)c2cc(C(=O)O)cc(Br)c2C)CC1. The van der Waals surface area contributed by atoms with Gasteiger partial charge in [-0.25, -0.2) is 17.9 Å². The van der Waals surface area contributed by atoms with E-state index in [4.69, 9.17) is 5.11 Å². The Morgan fingerprint density at radius 1 is 1.48 bits per heavy atom. The zero-order valence-electron chi connectivity index (χ0n) is 11.6. The summed E-state index contributed by atoms with van der Waals surface area (Å²) in [5, 5.41) is 9.06. The molecular formula is C13H16BrNO4S2. The van der Waals surface area contributed by atoms with E-state index in [1.165, 1.54) is 12.1 Å². The fraction of sp³-hybridized carbons (Fsp3) is 0.462. The maximum atomic E-state index is 12.4. The smallest absolute Gasteiger partial charge is 0.335 e. The summed E-state index contributed by atoms with van der Waals surface area (Å²) in [7, 11) is -3.73. The van der Waals surface area contributed by atoms with Crippen molar-refractivity contribution in [2.24, 2.45) is 0 Å². The summed E-state index contributed by atoms with van der Waals surface area (Å²) in [6.45, 7) is 2.01. The molecule has 0 aromatic heterocycles. The van der Waals surface area contributed by atoms with Crippen LogP contribution in [0, 0.1) is 6.92 Å². The zero-order chi connectivity index (χ0) is 15.8. The normalized spacial score (nSPS) is 16.7. The third kappa shape index (κ3) is 3.61. The van der Waals surface area contributed by atoms with Crippen LogP contribution in [-0.4, -0.2) is 37.0 Å². The standard InChI is InChI=1S/C13H16BrNO4S2/c1-8-10(14)5-9(12(16)17)6-11(8)21(18,19)15-7-13(20-2)3-4-13/h5-6,15H,3-4,7H2,1-2H3,(H,16,17). The monoisotopic (exact) mass is 393 g/mol. The van der Waals surface area contributed by atoms with Gasteiger partial charge in [-0.15, -0.1) is 0 Å². The number of rotatable bonds is 6. The molecule has 1 aliphatic carbocycles. The number of benzene rings is 1. The van der Waals surface area contributed by atoms with Gasteiger partial charge in [0.1, 0.15) is 0 Å². The summed E-state index contributed by atoms with van der Waals surface area (Å²) in [6.07, 6.45) is 3.96. The third-order valence-corrected chi connectivity index (χ3v) is 7.43. The Morgan fingerprint density at radius 3 is 2.57 bits per heavy atom. The Balaban J connectivity index is 2.33. The van der Waals surface area contributed by atoms with Crippen LogP contribution in [-0.2, 0) is 10.0 Å². The van der Waals surface area contributed by atoms with Crippen molar-refractivity contribution in [1.29, 1.82) is 0 Å². The molecule has 0 spiro atoms. The van der Waals surface area contributed by atoms with Crippen LogP contribution in [0.15, 0.2) is 21.5 Å². The molecule has 0 radical (unpaired) electrons. The van der Waals surface area contributed by atoms with Crippen LogP contribution >= 0.6 is 27.7 Å². The first-order valence-corrected chi connectivity index (χ1v) is 9.79. The second-order valence-corrected chi connectivity index (χ2v) is 8.96. The van der Waals surface area contributed by atoms with Crippen LogP contribution < -0.4 is 4.72 Å². The molecule has 2 N–H and O–H groups in total. The largest absolute Gasteiger partial charge is 0.478 e. The summed E-state index contributed by atoms with van der Waals surface area (Å²) >= 11 is 4.87. The van der Waals surface area contributed by atoms with Gasteiger partial charge < -0.3 is 5.11 Å². The molecule has 0 unspecified atom stereocenters. The van der Waals surface area contributed by atoms with E-state index in [1.807, 2.05) is 6.26 Å². The molecule has 2 rings (SSSR count). The lowest BCUT2D eigenvalue weighted by Gasteiger charge is -2.15. The predicted octanol–water partition coefficient (Wildman–Crippen LogP) is 2.63. The van der Waals surface area contributed by atoms with Gasteiger partial charge in [-0.05, 0) is 43.7 Å². The Hall–Kier alpha value is -0.570. The van der Waals surface area contributed by atoms with Crippen molar-refractivity contribution < 1.29 is 18.3 Å². The molecule has 0 atom stereocenters. The van der Waals surface area contributed by atoms with Crippen molar-refractivity contribution in [2.45, 2.75) is 29.4 Å². The molecule has 21 heavy (non-hydrogen) atoms. The number of sulfonamides is 1. The number of hydrogen-bond acceptors (Lipinski definition) is 4. The van der Waals surface area contributed by atoms with E-state index < -0.39 is 16.0 Å². The molecule has 5 nitrogen and oxygen atoms in total. The van der Waals surface area contributed by atoms with Gasteiger partial charge in [0, 0.05) is 15.8 Å². The maximum Gasteiger partial charge on any atom is 0.335 e. The number of thioether (sulfide) groups is 1. The molecule has 0 saturated heterocycles. The van der Waals surface area contributed by atoms with Gasteiger partial charge in [-0.3, -0.25) is 0 Å². The summed E-state index contributed by atoms with van der Waals surface area (Å²) < 4.78 is 27.9. The number of aromatic carboxylic acids is 1. The van der Waals surface area contributed by atoms with Gasteiger partial charge in [-0.2, -0.15) is 11.8 Å². The van der Waals surface area contributed by atoms with Crippen molar-refractivity contribution in [1.82, 2.24) is 4.72 Å². The average Bonchev–Trinajstić information content (AvgIpc) is 3.20. The van der Waals surface area contributed by atoms with Gasteiger partial charge in [-0.1, -0.05) is 15.9 Å². The van der Waals surface area contributed by atoms with Crippen LogP contribution in [0.1, 0.15) is 28.8 Å².